The first kappa shape index (κ1) is 32.2. The molecular weight excluding hydrogens is 716 g/mol. The fourth-order valence-electron chi connectivity index (χ4n) is 10.7. The van der Waals surface area contributed by atoms with Crippen LogP contribution >= 0.6 is 15.9 Å². The predicted molar refractivity (Wildman–Crippen MR) is 229 cm³/mol. The highest BCUT2D eigenvalue weighted by Crippen LogP contribution is 2.51. The summed E-state index contributed by atoms with van der Waals surface area (Å²) in [6.07, 6.45) is 4.93. The van der Waals surface area contributed by atoms with Crippen molar-refractivity contribution in [3.05, 3.63) is 197 Å². The van der Waals surface area contributed by atoms with E-state index in [4.69, 9.17) is 0 Å². The Balaban J connectivity index is 1.24. The van der Waals surface area contributed by atoms with Crippen molar-refractivity contribution in [3.63, 3.8) is 0 Å². The number of halogens is 1. The lowest BCUT2D eigenvalue weighted by Crippen LogP contribution is -2.33. The molecule has 0 aromatic heterocycles. The molecule has 0 aliphatic heterocycles. The topological polar surface area (TPSA) is 0 Å². The zero-order valence-electron chi connectivity index (χ0n) is 31.7. The zero-order chi connectivity index (χ0) is 36.9. The fourth-order valence-corrected chi connectivity index (χ4v) is 11.2. The summed E-state index contributed by atoms with van der Waals surface area (Å²) in [5, 5.41) is 5.26. The second-order valence-corrected chi connectivity index (χ2v) is 18.4. The Morgan fingerprint density at radius 1 is 0.426 bits per heavy atom. The number of rotatable bonds is 2. The lowest BCUT2D eigenvalue weighted by Gasteiger charge is -2.33. The van der Waals surface area contributed by atoms with Gasteiger partial charge in [-0.05, 0) is 152 Å². The van der Waals surface area contributed by atoms with Crippen molar-refractivity contribution in [2.24, 2.45) is 0 Å². The molecule has 0 spiro atoms. The van der Waals surface area contributed by atoms with E-state index in [-0.39, 0.29) is 16.2 Å². The molecule has 0 N–H and O–H groups in total. The molecule has 1 heteroatoms. The highest BCUT2D eigenvalue weighted by Gasteiger charge is 2.38. The SMILES string of the molecule is CC1(C)c2ccccc2-c2ccc(-c3c4c(cc5c3=Cc3ccccc3C5(C)C)=c3c(-c5ccc6c(c5)C(C)(C)c5ccccc5-6)cc(Br)cc3=C4)cc21. The summed E-state index contributed by atoms with van der Waals surface area (Å²) < 4.78 is 1.10. The highest BCUT2D eigenvalue weighted by atomic mass is 79.9. The summed E-state index contributed by atoms with van der Waals surface area (Å²) >= 11 is 3.97. The molecule has 7 aromatic rings. The minimum Gasteiger partial charge on any atom is -0.0619 e. The van der Waals surface area contributed by atoms with Gasteiger partial charge in [0.1, 0.15) is 0 Å². The van der Waals surface area contributed by atoms with Gasteiger partial charge in [-0.1, -0.05) is 155 Å². The summed E-state index contributed by atoms with van der Waals surface area (Å²) in [4.78, 5) is 0. The molecule has 0 saturated carbocycles. The largest absolute Gasteiger partial charge is 0.0619 e. The lowest BCUT2D eigenvalue weighted by atomic mass is 9.70. The maximum absolute atomic E-state index is 3.97. The van der Waals surface area contributed by atoms with E-state index in [9.17, 15) is 0 Å². The van der Waals surface area contributed by atoms with Gasteiger partial charge in [0.2, 0.25) is 0 Å². The second-order valence-electron chi connectivity index (χ2n) is 17.5. The van der Waals surface area contributed by atoms with Gasteiger partial charge >= 0.3 is 0 Å². The third kappa shape index (κ3) is 4.14. The van der Waals surface area contributed by atoms with E-state index >= 15 is 0 Å². The van der Waals surface area contributed by atoms with E-state index in [0.29, 0.717) is 0 Å². The minimum atomic E-state index is -0.182. The van der Waals surface area contributed by atoms with Gasteiger partial charge in [0, 0.05) is 20.7 Å². The average molecular weight is 758 g/mol. The molecule has 54 heavy (non-hydrogen) atoms. The minimum absolute atomic E-state index is 0.0678. The Hall–Kier alpha value is -5.24. The van der Waals surface area contributed by atoms with Gasteiger partial charge in [0.15, 0.2) is 0 Å². The van der Waals surface area contributed by atoms with Crippen molar-refractivity contribution in [2.75, 3.05) is 0 Å². The van der Waals surface area contributed by atoms with Crippen LogP contribution in [-0.2, 0) is 16.2 Å². The molecule has 4 aliphatic carbocycles. The van der Waals surface area contributed by atoms with Crippen LogP contribution in [0.4, 0.5) is 0 Å². The first-order valence-electron chi connectivity index (χ1n) is 19.3. The van der Waals surface area contributed by atoms with Crippen molar-refractivity contribution in [2.45, 2.75) is 57.8 Å². The molecule has 11 rings (SSSR count). The van der Waals surface area contributed by atoms with Crippen LogP contribution < -0.4 is 10.4 Å². The summed E-state index contributed by atoms with van der Waals surface area (Å²) in [7, 11) is 0. The van der Waals surface area contributed by atoms with Crippen molar-refractivity contribution in [1.82, 2.24) is 0 Å². The second kappa shape index (κ2) is 10.7. The van der Waals surface area contributed by atoms with Crippen LogP contribution in [0.5, 0.6) is 0 Å². The van der Waals surface area contributed by atoms with Crippen LogP contribution in [0, 0.1) is 10.4 Å². The van der Waals surface area contributed by atoms with Gasteiger partial charge < -0.3 is 0 Å². The lowest BCUT2D eigenvalue weighted by molar-refractivity contribution is 0.629. The highest BCUT2D eigenvalue weighted by molar-refractivity contribution is 9.10. The maximum Gasteiger partial charge on any atom is 0.0187 e. The van der Waals surface area contributed by atoms with Crippen LogP contribution in [0.15, 0.2) is 132 Å². The van der Waals surface area contributed by atoms with Crippen LogP contribution in [0.1, 0.15) is 86.1 Å². The molecule has 4 aliphatic rings. The molecule has 7 aromatic carbocycles. The first-order chi connectivity index (χ1) is 25.9. The number of hydrogen-bond acceptors (Lipinski definition) is 0. The van der Waals surface area contributed by atoms with Gasteiger partial charge in [0.25, 0.3) is 0 Å². The van der Waals surface area contributed by atoms with E-state index in [1.165, 1.54) is 110 Å². The Kier molecular flexibility index (Phi) is 6.39. The predicted octanol–water partition coefficient (Wildman–Crippen LogP) is 12.3. The van der Waals surface area contributed by atoms with E-state index < -0.39 is 0 Å². The smallest absolute Gasteiger partial charge is 0.0187 e. The number of fused-ring (bicyclic) bond motifs is 10. The van der Waals surface area contributed by atoms with Crippen molar-refractivity contribution in [3.8, 4) is 44.5 Å². The molecule has 0 radical (unpaired) electrons. The molecule has 0 nitrogen and oxygen atoms in total. The summed E-state index contributed by atoms with van der Waals surface area (Å²) in [5.74, 6) is 0. The number of hydrogen-bond donors (Lipinski definition) is 0. The Morgan fingerprint density at radius 3 is 1.63 bits per heavy atom. The van der Waals surface area contributed by atoms with Gasteiger partial charge in [-0.2, -0.15) is 0 Å². The van der Waals surface area contributed by atoms with Crippen molar-refractivity contribution < 1.29 is 0 Å². The van der Waals surface area contributed by atoms with Crippen LogP contribution in [0.2, 0.25) is 0 Å². The Bertz CT molecular complexity index is 3080. The summed E-state index contributed by atoms with van der Waals surface area (Å²) in [6, 6.07) is 48.6. The molecule has 260 valence electrons. The third-order valence-corrected chi connectivity index (χ3v) is 13.9. The molecule has 0 atom stereocenters. The quantitative estimate of drug-likeness (QED) is 0.165. The van der Waals surface area contributed by atoms with Crippen LogP contribution in [0.25, 0.3) is 56.7 Å². The van der Waals surface area contributed by atoms with Gasteiger partial charge in [-0.15, -0.1) is 0 Å². The maximum atomic E-state index is 3.97. The summed E-state index contributed by atoms with van der Waals surface area (Å²) in [5.41, 5.74) is 21.3. The first-order valence-corrected chi connectivity index (χ1v) is 20.1. The zero-order valence-corrected chi connectivity index (χ0v) is 33.2. The molecular formula is C53H41Br. The Labute approximate surface area is 326 Å². The van der Waals surface area contributed by atoms with Crippen molar-refractivity contribution in [1.29, 1.82) is 0 Å². The van der Waals surface area contributed by atoms with E-state index in [1.54, 1.807) is 0 Å². The Morgan fingerprint density at radius 2 is 0.963 bits per heavy atom. The molecule has 0 saturated heterocycles. The third-order valence-electron chi connectivity index (χ3n) is 13.5. The van der Waals surface area contributed by atoms with E-state index in [1.807, 2.05) is 0 Å². The van der Waals surface area contributed by atoms with Crippen LogP contribution in [-0.4, -0.2) is 0 Å². The van der Waals surface area contributed by atoms with Gasteiger partial charge in [-0.3, -0.25) is 0 Å². The average Bonchev–Trinajstić information content (AvgIpc) is 3.73. The van der Waals surface area contributed by atoms with E-state index in [0.717, 1.165) is 4.47 Å². The molecule has 0 unspecified atom stereocenters. The van der Waals surface area contributed by atoms with Crippen LogP contribution in [0.3, 0.4) is 0 Å². The normalized spacial score (nSPS) is 16.4. The standard InChI is InChI=1S/C53H41Br/c1-51(2)43-16-10-7-13-31(43)24-42-48(51)29-41-40(49(42)32-20-22-38-36-15-9-12-18-45(36)53(5,6)47(38)27-32)25-33-23-34(54)28-39(50(33)41)30-19-21-37-35-14-8-11-17-44(35)52(3,4)46(37)26-30/h7-29H,1-6H3. The van der Waals surface area contributed by atoms with Crippen molar-refractivity contribution >= 4 is 28.1 Å². The molecule has 0 bridgehead atoms. The monoisotopic (exact) mass is 756 g/mol. The molecule has 0 fully saturated rings. The van der Waals surface area contributed by atoms with E-state index in [2.05, 4.69) is 197 Å². The molecule has 0 amide bonds. The molecule has 0 heterocycles. The number of benzene rings is 7. The fraction of sp³-hybridized carbons (Fsp3) is 0.170. The van der Waals surface area contributed by atoms with Gasteiger partial charge in [0.05, 0.1) is 0 Å². The van der Waals surface area contributed by atoms with Gasteiger partial charge in [-0.25, -0.2) is 0 Å². The summed E-state index contributed by atoms with van der Waals surface area (Å²) in [6.45, 7) is 14.4.